The van der Waals surface area contributed by atoms with E-state index < -0.39 is 0 Å². The van der Waals surface area contributed by atoms with Crippen molar-refractivity contribution in [2.75, 3.05) is 5.73 Å². The third kappa shape index (κ3) is 2.49. The highest BCUT2D eigenvalue weighted by Crippen LogP contribution is 2.20. The molecule has 0 saturated heterocycles. The van der Waals surface area contributed by atoms with Crippen molar-refractivity contribution >= 4 is 16.8 Å². The number of fused-ring (bicyclic) bond motifs is 1. The van der Waals surface area contributed by atoms with E-state index in [-0.39, 0.29) is 12.4 Å². The van der Waals surface area contributed by atoms with Crippen molar-refractivity contribution in [3.05, 3.63) is 54.2 Å². The van der Waals surface area contributed by atoms with Gasteiger partial charge in [-0.1, -0.05) is 0 Å². The summed E-state index contributed by atoms with van der Waals surface area (Å²) in [6.07, 6.45) is 0. The number of hydrogen-bond acceptors (Lipinski definition) is 4. The lowest BCUT2D eigenvalue weighted by Gasteiger charge is -2.02. The van der Waals surface area contributed by atoms with Crippen molar-refractivity contribution in [1.29, 1.82) is 0 Å². The summed E-state index contributed by atoms with van der Waals surface area (Å²) < 4.78 is 23.7. The Morgan fingerprint density at radius 1 is 1.16 bits per heavy atom. The second-order valence-electron chi connectivity index (χ2n) is 4.08. The maximum atomic E-state index is 12.7. The minimum Gasteiger partial charge on any atom is -0.484 e. The van der Waals surface area contributed by atoms with Crippen LogP contribution < -0.4 is 10.5 Å². The normalized spacial score (nSPS) is 10.8. The van der Waals surface area contributed by atoms with Gasteiger partial charge in [0.15, 0.2) is 12.2 Å². The van der Waals surface area contributed by atoms with Crippen LogP contribution >= 0.6 is 0 Å². The molecule has 1 aromatic heterocycles. The Labute approximate surface area is 108 Å². The molecule has 3 rings (SSSR count). The van der Waals surface area contributed by atoms with Gasteiger partial charge in [0.25, 0.3) is 0 Å². The molecule has 0 amide bonds. The van der Waals surface area contributed by atoms with E-state index in [1.54, 1.807) is 30.3 Å². The number of anilines is 1. The van der Waals surface area contributed by atoms with Gasteiger partial charge in [-0.15, -0.1) is 0 Å². The molecule has 3 aromatic rings. The number of ether oxygens (including phenoxy) is 1. The molecule has 1 heterocycles. The molecule has 5 heteroatoms. The molecule has 0 aliphatic rings. The van der Waals surface area contributed by atoms with Crippen LogP contribution in [0.25, 0.3) is 11.1 Å². The quantitative estimate of drug-likeness (QED) is 0.733. The van der Waals surface area contributed by atoms with Gasteiger partial charge in [-0.05, 0) is 36.4 Å². The zero-order chi connectivity index (χ0) is 13.2. The Morgan fingerprint density at radius 3 is 2.74 bits per heavy atom. The fourth-order valence-electron chi connectivity index (χ4n) is 1.73. The number of aromatic nitrogens is 1. The van der Waals surface area contributed by atoms with E-state index in [4.69, 9.17) is 14.9 Å². The summed E-state index contributed by atoms with van der Waals surface area (Å²) in [5.41, 5.74) is 7.63. The fourth-order valence-corrected chi connectivity index (χ4v) is 1.73. The minimum absolute atomic E-state index is 0.181. The van der Waals surface area contributed by atoms with Gasteiger partial charge < -0.3 is 14.9 Å². The lowest BCUT2D eigenvalue weighted by Crippen LogP contribution is -1.95. The molecule has 0 spiro atoms. The Kier molecular flexibility index (Phi) is 2.79. The molecular weight excluding hydrogens is 247 g/mol. The van der Waals surface area contributed by atoms with E-state index >= 15 is 0 Å². The zero-order valence-corrected chi connectivity index (χ0v) is 9.97. The number of nitrogens with two attached hydrogens (primary N) is 1. The van der Waals surface area contributed by atoms with Crippen LogP contribution in [0.2, 0.25) is 0 Å². The average molecular weight is 258 g/mol. The Bertz CT molecular complexity index is 707. The summed E-state index contributed by atoms with van der Waals surface area (Å²) in [5.74, 6) is 0.706. The molecule has 96 valence electrons. The van der Waals surface area contributed by atoms with Gasteiger partial charge in [-0.25, -0.2) is 9.37 Å². The van der Waals surface area contributed by atoms with Crippen molar-refractivity contribution in [2.24, 2.45) is 0 Å². The molecule has 0 atom stereocenters. The zero-order valence-electron chi connectivity index (χ0n) is 9.97. The number of halogens is 1. The van der Waals surface area contributed by atoms with E-state index in [1.165, 1.54) is 12.1 Å². The minimum atomic E-state index is -0.301. The molecule has 0 bridgehead atoms. The molecule has 0 saturated carbocycles. The van der Waals surface area contributed by atoms with Gasteiger partial charge >= 0.3 is 0 Å². The summed E-state index contributed by atoms with van der Waals surface area (Å²) in [7, 11) is 0. The van der Waals surface area contributed by atoms with Crippen molar-refractivity contribution in [1.82, 2.24) is 4.98 Å². The van der Waals surface area contributed by atoms with Crippen LogP contribution in [0.1, 0.15) is 5.89 Å². The van der Waals surface area contributed by atoms with Crippen molar-refractivity contribution in [3.63, 3.8) is 0 Å². The van der Waals surface area contributed by atoms with Crippen molar-refractivity contribution < 1.29 is 13.5 Å². The van der Waals surface area contributed by atoms with Crippen LogP contribution in [0.5, 0.6) is 5.75 Å². The van der Waals surface area contributed by atoms with Gasteiger partial charge in [-0.2, -0.15) is 0 Å². The first-order valence-corrected chi connectivity index (χ1v) is 5.74. The summed E-state index contributed by atoms with van der Waals surface area (Å²) >= 11 is 0. The molecule has 0 aliphatic heterocycles. The topological polar surface area (TPSA) is 61.3 Å². The van der Waals surface area contributed by atoms with Crippen molar-refractivity contribution in [2.45, 2.75) is 6.61 Å². The molecule has 2 aromatic carbocycles. The molecule has 0 radical (unpaired) electrons. The van der Waals surface area contributed by atoms with Crippen LogP contribution in [0, 0.1) is 5.82 Å². The van der Waals surface area contributed by atoms with E-state index in [1.807, 2.05) is 0 Å². The molecule has 19 heavy (non-hydrogen) atoms. The molecule has 2 N–H and O–H groups in total. The molecular formula is C14H11FN2O2. The monoisotopic (exact) mass is 258 g/mol. The van der Waals surface area contributed by atoms with Crippen LogP contribution in [-0.2, 0) is 6.61 Å². The fraction of sp³-hybridized carbons (Fsp3) is 0.0714. The van der Waals surface area contributed by atoms with Gasteiger partial charge in [0.1, 0.15) is 17.1 Å². The maximum Gasteiger partial charge on any atom is 0.233 e. The first-order chi connectivity index (χ1) is 9.20. The number of benzene rings is 2. The van der Waals surface area contributed by atoms with Gasteiger partial charge in [0.05, 0.1) is 0 Å². The number of nitrogen functional groups attached to an aromatic ring is 1. The largest absolute Gasteiger partial charge is 0.484 e. The summed E-state index contributed by atoms with van der Waals surface area (Å²) in [5, 5.41) is 0. The number of oxazole rings is 1. The second kappa shape index (κ2) is 4.61. The Hall–Kier alpha value is -2.56. The highest BCUT2D eigenvalue weighted by molar-refractivity contribution is 5.76. The van der Waals surface area contributed by atoms with Gasteiger partial charge in [-0.3, -0.25) is 0 Å². The van der Waals surface area contributed by atoms with Crippen LogP contribution in [-0.4, -0.2) is 4.98 Å². The Balaban J connectivity index is 1.76. The van der Waals surface area contributed by atoms with Crippen molar-refractivity contribution in [3.8, 4) is 5.75 Å². The van der Waals surface area contributed by atoms with E-state index in [9.17, 15) is 4.39 Å². The summed E-state index contributed by atoms with van der Waals surface area (Å²) in [6.45, 7) is 0.181. The predicted molar refractivity (Wildman–Crippen MR) is 69.2 cm³/mol. The summed E-state index contributed by atoms with van der Waals surface area (Å²) in [4.78, 5) is 4.27. The Morgan fingerprint density at radius 2 is 1.95 bits per heavy atom. The molecule has 0 unspecified atom stereocenters. The highest BCUT2D eigenvalue weighted by Gasteiger charge is 2.06. The summed E-state index contributed by atoms with van der Waals surface area (Å²) in [6, 6.07) is 11.0. The first kappa shape index (κ1) is 11.5. The van der Waals surface area contributed by atoms with Gasteiger partial charge in [0.2, 0.25) is 5.89 Å². The van der Waals surface area contributed by atoms with Crippen LogP contribution in [0.4, 0.5) is 10.1 Å². The first-order valence-electron chi connectivity index (χ1n) is 5.74. The average Bonchev–Trinajstić information content (AvgIpc) is 2.80. The van der Waals surface area contributed by atoms with E-state index in [0.717, 1.165) is 5.52 Å². The standard InChI is InChI=1S/C14H11FN2O2/c15-9-1-4-11(5-2-9)18-8-14-17-12-6-3-10(16)7-13(12)19-14/h1-7H,8,16H2. The predicted octanol–water partition coefficient (Wildman–Crippen LogP) is 3.13. The van der Waals surface area contributed by atoms with Crippen LogP contribution in [0.3, 0.4) is 0 Å². The maximum absolute atomic E-state index is 12.7. The van der Waals surface area contributed by atoms with Gasteiger partial charge in [0, 0.05) is 11.8 Å². The van der Waals surface area contributed by atoms with E-state index in [0.29, 0.717) is 22.9 Å². The van der Waals surface area contributed by atoms with Crippen LogP contribution in [0.15, 0.2) is 46.9 Å². The highest BCUT2D eigenvalue weighted by atomic mass is 19.1. The molecule has 0 fully saturated rings. The SMILES string of the molecule is Nc1ccc2nc(COc3ccc(F)cc3)oc2c1. The lowest BCUT2D eigenvalue weighted by molar-refractivity contribution is 0.267. The number of nitrogens with zero attached hydrogens (tertiary/aromatic N) is 1. The number of rotatable bonds is 3. The third-order valence-corrected chi connectivity index (χ3v) is 2.63. The molecule has 4 nitrogen and oxygen atoms in total. The smallest absolute Gasteiger partial charge is 0.233 e. The molecule has 0 aliphatic carbocycles. The lowest BCUT2D eigenvalue weighted by atomic mass is 10.3. The third-order valence-electron chi connectivity index (χ3n) is 2.63. The van der Waals surface area contributed by atoms with E-state index in [2.05, 4.69) is 4.98 Å². The number of hydrogen-bond donors (Lipinski definition) is 1. The second-order valence-corrected chi connectivity index (χ2v) is 4.08.